The SMILES string of the molecule is CCCCCCCCCCCCCCCCC/C=C/CC/C=C/CC/C=C/C(O)C(CO)NC(=O)CC(O)CCCCCCCCCC. The van der Waals surface area contributed by atoms with Crippen LogP contribution in [0.15, 0.2) is 36.5 Å². The van der Waals surface area contributed by atoms with E-state index in [-0.39, 0.29) is 18.9 Å². The number of hydrogen-bond acceptors (Lipinski definition) is 4. The minimum atomic E-state index is -0.956. The Hall–Kier alpha value is -1.43. The van der Waals surface area contributed by atoms with Gasteiger partial charge in [0.1, 0.15) is 0 Å². The lowest BCUT2D eigenvalue weighted by atomic mass is 10.0. The molecule has 0 bridgehead atoms. The molecule has 3 unspecified atom stereocenters. The van der Waals surface area contributed by atoms with Gasteiger partial charge in [-0.3, -0.25) is 4.79 Å². The molecule has 0 heterocycles. The quantitative estimate of drug-likeness (QED) is 0.0390. The molecule has 0 aromatic heterocycles. The second-order valence-corrected chi connectivity index (χ2v) is 14.2. The Kier molecular flexibility index (Phi) is 37.2. The van der Waals surface area contributed by atoms with Crippen LogP contribution in [0.4, 0.5) is 0 Å². The summed E-state index contributed by atoms with van der Waals surface area (Å²) in [6.07, 6.45) is 47.3. The van der Waals surface area contributed by atoms with Crippen molar-refractivity contribution in [3.05, 3.63) is 36.5 Å². The average molecular weight is 676 g/mol. The van der Waals surface area contributed by atoms with Crippen LogP contribution < -0.4 is 5.32 Å². The molecule has 0 aromatic carbocycles. The van der Waals surface area contributed by atoms with Gasteiger partial charge >= 0.3 is 0 Å². The number of carbonyl (C=O) groups excluding carboxylic acids is 1. The number of rotatable bonds is 37. The van der Waals surface area contributed by atoms with Crippen LogP contribution in [0.1, 0.15) is 206 Å². The molecule has 0 fully saturated rings. The minimum absolute atomic E-state index is 0.00290. The van der Waals surface area contributed by atoms with Gasteiger partial charge < -0.3 is 20.6 Å². The third-order valence-electron chi connectivity index (χ3n) is 9.41. The van der Waals surface area contributed by atoms with E-state index in [1.165, 1.54) is 141 Å². The summed E-state index contributed by atoms with van der Waals surface area (Å²) >= 11 is 0. The van der Waals surface area contributed by atoms with Crippen molar-refractivity contribution in [2.24, 2.45) is 0 Å². The highest BCUT2D eigenvalue weighted by atomic mass is 16.3. The lowest BCUT2D eigenvalue weighted by Gasteiger charge is -2.21. The molecule has 0 aromatic rings. The third kappa shape index (κ3) is 34.4. The molecule has 282 valence electrons. The maximum absolute atomic E-state index is 12.3. The zero-order valence-electron chi connectivity index (χ0n) is 31.9. The second kappa shape index (κ2) is 38.4. The Bertz CT molecular complexity index is 749. The number of hydrogen-bond donors (Lipinski definition) is 4. The van der Waals surface area contributed by atoms with E-state index in [9.17, 15) is 20.1 Å². The van der Waals surface area contributed by atoms with Gasteiger partial charge in [0.15, 0.2) is 0 Å². The maximum Gasteiger partial charge on any atom is 0.222 e. The number of amides is 1. The predicted octanol–water partition coefficient (Wildman–Crippen LogP) is 11.6. The fourth-order valence-electron chi connectivity index (χ4n) is 6.19. The summed E-state index contributed by atoms with van der Waals surface area (Å²) < 4.78 is 0. The highest BCUT2D eigenvalue weighted by Gasteiger charge is 2.20. The van der Waals surface area contributed by atoms with E-state index in [2.05, 4.69) is 43.5 Å². The first-order valence-corrected chi connectivity index (χ1v) is 20.8. The van der Waals surface area contributed by atoms with E-state index in [1.807, 2.05) is 6.08 Å². The molecule has 5 heteroatoms. The molecule has 0 saturated heterocycles. The van der Waals surface area contributed by atoms with E-state index in [4.69, 9.17) is 0 Å². The number of allylic oxidation sites excluding steroid dienone is 5. The van der Waals surface area contributed by atoms with Crippen LogP contribution in [-0.4, -0.2) is 46.1 Å². The molecule has 0 saturated carbocycles. The fraction of sp³-hybridized carbons (Fsp3) is 0.837. The normalized spacial score (nSPS) is 14.0. The average Bonchev–Trinajstić information content (AvgIpc) is 3.08. The smallest absolute Gasteiger partial charge is 0.222 e. The third-order valence-corrected chi connectivity index (χ3v) is 9.41. The summed E-state index contributed by atoms with van der Waals surface area (Å²) in [6.45, 7) is 4.16. The molecule has 5 nitrogen and oxygen atoms in total. The van der Waals surface area contributed by atoms with Crippen LogP contribution in [0.2, 0.25) is 0 Å². The second-order valence-electron chi connectivity index (χ2n) is 14.2. The molecule has 48 heavy (non-hydrogen) atoms. The van der Waals surface area contributed by atoms with E-state index < -0.39 is 18.2 Å². The number of aliphatic hydroxyl groups excluding tert-OH is 3. The van der Waals surface area contributed by atoms with Crippen molar-refractivity contribution in [3.8, 4) is 0 Å². The summed E-state index contributed by atoms with van der Waals surface area (Å²) in [5.74, 6) is -0.333. The van der Waals surface area contributed by atoms with Crippen molar-refractivity contribution >= 4 is 5.91 Å². The Balaban J connectivity index is 3.69. The van der Waals surface area contributed by atoms with Gasteiger partial charge in [0.05, 0.1) is 31.3 Å². The summed E-state index contributed by atoms with van der Waals surface area (Å²) in [6, 6.07) is -0.763. The van der Waals surface area contributed by atoms with Crippen LogP contribution in [-0.2, 0) is 4.79 Å². The Morgan fingerprint density at radius 3 is 1.33 bits per heavy atom. The molecule has 0 rings (SSSR count). The summed E-state index contributed by atoms with van der Waals surface area (Å²) in [5, 5.41) is 33.0. The van der Waals surface area contributed by atoms with Crippen LogP contribution in [0, 0.1) is 0 Å². The molecular formula is C43H81NO4. The van der Waals surface area contributed by atoms with Gasteiger partial charge in [-0.2, -0.15) is 0 Å². The Morgan fingerprint density at radius 1 is 0.521 bits per heavy atom. The number of unbranched alkanes of at least 4 members (excludes halogenated alkanes) is 24. The van der Waals surface area contributed by atoms with Crippen molar-refractivity contribution in [1.29, 1.82) is 0 Å². The van der Waals surface area contributed by atoms with E-state index in [1.54, 1.807) is 6.08 Å². The van der Waals surface area contributed by atoms with Gasteiger partial charge in [0.2, 0.25) is 5.91 Å². The molecule has 0 aliphatic heterocycles. The van der Waals surface area contributed by atoms with Gasteiger partial charge in [-0.15, -0.1) is 0 Å². The van der Waals surface area contributed by atoms with Crippen LogP contribution in [0.25, 0.3) is 0 Å². The number of aliphatic hydroxyl groups is 3. The van der Waals surface area contributed by atoms with Crippen molar-refractivity contribution in [3.63, 3.8) is 0 Å². The monoisotopic (exact) mass is 676 g/mol. The summed E-state index contributed by atoms with van der Waals surface area (Å²) in [4.78, 5) is 12.3. The first-order chi connectivity index (χ1) is 23.5. The Labute approximate surface area is 298 Å². The largest absolute Gasteiger partial charge is 0.394 e. The summed E-state index contributed by atoms with van der Waals surface area (Å²) in [7, 11) is 0. The van der Waals surface area contributed by atoms with Gasteiger partial charge in [0, 0.05) is 0 Å². The highest BCUT2D eigenvalue weighted by molar-refractivity contribution is 5.76. The minimum Gasteiger partial charge on any atom is -0.394 e. The lowest BCUT2D eigenvalue weighted by Crippen LogP contribution is -2.45. The number of carbonyl (C=O) groups is 1. The van der Waals surface area contributed by atoms with Crippen molar-refractivity contribution < 1.29 is 20.1 Å². The van der Waals surface area contributed by atoms with E-state index in [0.29, 0.717) is 6.42 Å². The van der Waals surface area contributed by atoms with Crippen LogP contribution in [0.5, 0.6) is 0 Å². The van der Waals surface area contributed by atoms with Gasteiger partial charge in [0.25, 0.3) is 0 Å². The molecule has 1 amide bonds. The van der Waals surface area contributed by atoms with Crippen molar-refractivity contribution in [2.75, 3.05) is 6.61 Å². The predicted molar refractivity (Wildman–Crippen MR) is 208 cm³/mol. The fourth-order valence-corrected chi connectivity index (χ4v) is 6.19. The standard InChI is InChI=1S/C43H81NO4/c1-3-5-7-9-11-13-14-15-16-17-18-19-20-21-22-23-24-25-26-27-28-29-31-33-35-37-42(47)41(39-45)44-43(48)38-40(46)36-34-32-30-12-10-8-6-4-2/h24-25,28-29,35,37,40-42,45-47H,3-23,26-27,30-34,36,38-39H2,1-2H3,(H,44,48)/b25-24+,29-28+,37-35+. The van der Waals surface area contributed by atoms with Gasteiger partial charge in [-0.1, -0.05) is 192 Å². The molecule has 3 atom stereocenters. The van der Waals surface area contributed by atoms with Crippen LogP contribution in [0.3, 0.4) is 0 Å². The molecule has 0 radical (unpaired) electrons. The first kappa shape index (κ1) is 46.6. The topological polar surface area (TPSA) is 89.8 Å². The van der Waals surface area contributed by atoms with Gasteiger partial charge in [-0.25, -0.2) is 0 Å². The lowest BCUT2D eigenvalue weighted by molar-refractivity contribution is -0.124. The number of nitrogens with one attached hydrogen (secondary N) is 1. The maximum atomic E-state index is 12.3. The van der Waals surface area contributed by atoms with Crippen LogP contribution >= 0.6 is 0 Å². The Morgan fingerprint density at radius 2 is 0.896 bits per heavy atom. The van der Waals surface area contributed by atoms with E-state index in [0.717, 1.165) is 38.5 Å². The van der Waals surface area contributed by atoms with Crippen molar-refractivity contribution in [2.45, 2.75) is 225 Å². The molecule has 4 N–H and O–H groups in total. The zero-order chi connectivity index (χ0) is 35.2. The molecular weight excluding hydrogens is 594 g/mol. The zero-order valence-corrected chi connectivity index (χ0v) is 31.9. The molecule has 0 aliphatic carbocycles. The van der Waals surface area contributed by atoms with Crippen molar-refractivity contribution in [1.82, 2.24) is 5.32 Å². The first-order valence-electron chi connectivity index (χ1n) is 20.8. The molecule has 0 spiro atoms. The van der Waals surface area contributed by atoms with E-state index >= 15 is 0 Å². The van der Waals surface area contributed by atoms with Gasteiger partial charge in [-0.05, 0) is 44.9 Å². The molecule has 0 aliphatic rings. The summed E-state index contributed by atoms with van der Waals surface area (Å²) in [5.41, 5.74) is 0. The highest BCUT2D eigenvalue weighted by Crippen LogP contribution is 2.15.